The number of halogens is 2. The third kappa shape index (κ3) is 3.70. The van der Waals surface area contributed by atoms with Crippen molar-refractivity contribution in [1.82, 2.24) is 14.9 Å². The van der Waals surface area contributed by atoms with E-state index < -0.39 is 0 Å². The number of nitrogens with zero attached hydrogens (tertiary/aromatic N) is 2. The van der Waals surface area contributed by atoms with Gasteiger partial charge in [0.15, 0.2) is 5.16 Å². The second kappa shape index (κ2) is 7.11. The second-order valence-electron chi connectivity index (χ2n) is 5.41. The first-order valence-electron chi connectivity index (χ1n) is 7.39. The molecule has 1 N–H and O–H groups in total. The van der Waals surface area contributed by atoms with Gasteiger partial charge in [0, 0.05) is 18.1 Å². The highest BCUT2D eigenvalue weighted by molar-refractivity contribution is 7.99. The number of carbonyl (C=O) groups is 1. The summed E-state index contributed by atoms with van der Waals surface area (Å²) in [6, 6.07) is 3.46. The average molecular weight is 358 g/mol. The van der Waals surface area contributed by atoms with Gasteiger partial charge in [-0.1, -0.05) is 47.8 Å². The van der Waals surface area contributed by atoms with Crippen LogP contribution in [0.4, 0.5) is 0 Å². The number of imidazole rings is 1. The Labute approximate surface area is 143 Å². The summed E-state index contributed by atoms with van der Waals surface area (Å²) >= 11 is 13.5. The minimum Gasteiger partial charge on any atom is -0.342 e. The Hall–Kier alpha value is -0.910. The van der Waals surface area contributed by atoms with Gasteiger partial charge in [0.1, 0.15) is 5.52 Å². The molecule has 118 valence electrons. The smallest absolute Gasteiger partial charge is 0.233 e. The number of hydrogen-bond donors (Lipinski definition) is 1. The Morgan fingerprint density at radius 3 is 2.68 bits per heavy atom. The van der Waals surface area contributed by atoms with Gasteiger partial charge in [0.05, 0.1) is 16.3 Å². The van der Waals surface area contributed by atoms with E-state index in [-0.39, 0.29) is 5.91 Å². The Kier molecular flexibility index (Phi) is 5.16. The van der Waals surface area contributed by atoms with Crippen LogP contribution >= 0.6 is 35.0 Å². The van der Waals surface area contributed by atoms with Gasteiger partial charge >= 0.3 is 0 Å². The first-order valence-corrected chi connectivity index (χ1v) is 9.13. The predicted octanol–water partition coefficient (Wildman–Crippen LogP) is 4.36. The van der Waals surface area contributed by atoms with E-state index in [0.29, 0.717) is 26.5 Å². The van der Waals surface area contributed by atoms with Crippen LogP contribution in [0.3, 0.4) is 0 Å². The molecule has 4 nitrogen and oxygen atoms in total. The molecule has 0 radical (unpaired) electrons. The second-order valence-corrected chi connectivity index (χ2v) is 7.22. The number of nitrogens with one attached hydrogen (secondary N) is 1. The van der Waals surface area contributed by atoms with E-state index in [1.54, 1.807) is 12.1 Å². The van der Waals surface area contributed by atoms with Crippen molar-refractivity contribution in [3.63, 3.8) is 0 Å². The maximum absolute atomic E-state index is 12.3. The van der Waals surface area contributed by atoms with E-state index >= 15 is 0 Å². The fourth-order valence-corrected chi connectivity index (χ4v) is 3.95. The Morgan fingerprint density at radius 2 is 1.95 bits per heavy atom. The van der Waals surface area contributed by atoms with Crippen LogP contribution in [0.25, 0.3) is 11.0 Å². The van der Waals surface area contributed by atoms with Gasteiger partial charge in [-0.25, -0.2) is 4.98 Å². The van der Waals surface area contributed by atoms with Crippen molar-refractivity contribution in [2.75, 3.05) is 18.8 Å². The molecule has 22 heavy (non-hydrogen) atoms. The molecule has 1 amide bonds. The fraction of sp³-hybridized carbons (Fsp3) is 0.467. The highest BCUT2D eigenvalue weighted by Gasteiger charge is 2.16. The van der Waals surface area contributed by atoms with Crippen molar-refractivity contribution in [3.8, 4) is 0 Å². The summed E-state index contributed by atoms with van der Waals surface area (Å²) in [5, 5.41) is 1.78. The molecule has 1 aliphatic heterocycles. The summed E-state index contributed by atoms with van der Waals surface area (Å²) < 4.78 is 0. The molecule has 1 fully saturated rings. The van der Waals surface area contributed by atoms with Gasteiger partial charge in [-0.15, -0.1) is 0 Å². The summed E-state index contributed by atoms with van der Waals surface area (Å²) in [4.78, 5) is 21.8. The fourth-order valence-electron chi connectivity index (χ4n) is 2.63. The molecule has 0 saturated carbocycles. The van der Waals surface area contributed by atoms with Crippen molar-refractivity contribution in [1.29, 1.82) is 0 Å². The van der Waals surface area contributed by atoms with Crippen LogP contribution in [0.5, 0.6) is 0 Å². The number of hydrogen-bond acceptors (Lipinski definition) is 3. The van der Waals surface area contributed by atoms with Crippen molar-refractivity contribution in [2.45, 2.75) is 30.8 Å². The van der Waals surface area contributed by atoms with E-state index in [4.69, 9.17) is 23.2 Å². The molecule has 0 unspecified atom stereocenters. The molecule has 0 bridgehead atoms. The zero-order valence-corrected chi connectivity index (χ0v) is 14.4. The molecule has 2 aromatic rings. The number of amides is 1. The standard InChI is InChI=1S/C15H17Cl2N3OS/c16-10-7-11(17)14-12(8-10)18-15(19-14)22-9-13(21)20-5-3-1-2-4-6-20/h7-8H,1-6,9H2,(H,18,19). The van der Waals surface area contributed by atoms with Crippen LogP contribution in [0.2, 0.25) is 10.0 Å². The van der Waals surface area contributed by atoms with Gasteiger partial charge in [-0.2, -0.15) is 0 Å². The highest BCUT2D eigenvalue weighted by atomic mass is 35.5. The van der Waals surface area contributed by atoms with Gasteiger partial charge in [-0.3, -0.25) is 4.79 Å². The minimum absolute atomic E-state index is 0.177. The zero-order valence-electron chi connectivity index (χ0n) is 12.1. The van der Waals surface area contributed by atoms with Crippen LogP contribution in [-0.2, 0) is 4.79 Å². The van der Waals surface area contributed by atoms with E-state index in [1.165, 1.54) is 24.6 Å². The molecule has 1 aromatic heterocycles. The molecule has 7 heteroatoms. The number of aromatic nitrogens is 2. The van der Waals surface area contributed by atoms with Gasteiger partial charge in [0.25, 0.3) is 0 Å². The predicted molar refractivity (Wildman–Crippen MR) is 91.9 cm³/mol. The Balaban J connectivity index is 1.66. The summed E-state index contributed by atoms with van der Waals surface area (Å²) in [5.41, 5.74) is 1.48. The van der Waals surface area contributed by atoms with Crippen molar-refractivity contribution in [2.24, 2.45) is 0 Å². The summed E-state index contributed by atoms with van der Waals surface area (Å²) in [6.07, 6.45) is 4.66. The monoisotopic (exact) mass is 357 g/mol. The van der Waals surface area contributed by atoms with E-state index in [9.17, 15) is 4.79 Å². The number of H-pyrrole nitrogens is 1. The number of fused-ring (bicyclic) bond motifs is 1. The number of thioether (sulfide) groups is 1. The molecule has 1 aliphatic rings. The lowest BCUT2D eigenvalue weighted by Crippen LogP contribution is -2.33. The van der Waals surface area contributed by atoms with E-state index in [0.717, 1.165) is 31.4 Å². The van der Waals surface area contributed by atoms with Crippen molar-refractivity contribution in [3.05, 3.63) is 22.2 Å². The number of benzene rings is 1. The molecular formula is C15H17Cl2N3OS. The molecule has 2 heterocycles. The lowest BCUT2D eigenvalue weighted by atomic mass is 10.2. The maximum atomic E-state index is 12.3. The number of rotatable bonds is 3. The summed E-state index contributed by atoms with van der Waals surface area (Å²) in [5.74, 6) is 0.571. The number of aromatic amines is 1. The summed E-state index contributed by atoms with van der Waals surface area (Å²) in [7, 11) is 0. The topological polar surface area (TPSA) is 49.0 Å². The summed E-state index contributed by atoms with van der Waals surface area (Å²) in [6.45, 7) is 1.75. The minimum atomic E-state index is 0.177. The van der Waals surface area contributed by atoms with Gasteiger partial charge in [0.2, 0.25) is 5.91 Å². The first-order chi connectivity index (χ1) is 10.6. The Bertz CT molecular complexity index is 681. The normalized spacial score (nSPS) is 16.0. The van der Waals surface area contributed by atoms with Crippen LogP contribution in [0, 0.1) is 0 Å². The Morgan fingerprint density at radius 1 is 1.23 bits per heavy atom. The number of carbonyl (C=O) groups excluding carboxylic acids is 1. The van der Waals surface area contributed by atoms with Crippen LogP contribution in [0.15, 0.2) is 17.3 Å². The highest BCUT2D eigenvalue weighted by Crippen LogP contribution is 2.28. The molecular weight excluding hydrogens is 341 g/mol. The first kappa shape index (κ1) is 16.0. The molecule has 0 spiro atoms. The third-order valence-corrected chi connectivity index (χ3v) is 5.14. The SMILES string of the molecule is O=C(CSc1nc2c(Cl)cc(Cl)cc2[nH]1)N1CCCCCC1. The lowest BCUT2D eigenvalue weighted by Gasteiger charge is -2.19. The van der Waals surface area contributed by atoms with Crippen LogP contribution < -0.4 is 0 Å². The quantitative estimate of drug-likeness (QED) is 0.829. The van der Waals surface area contributed by atoms with Gasteiger partial charge < -0.3 is 9.88 Å². The van der Waals surface area contributed by atoms with E-state index in [2.05, 4.69) is 9.97 Å². The van der Waals surface area contributed by atoms with Crippen molar-refractivity contribution < 1.29 is 4.79 Å². The van der Waals surface area contributed by atoms with E-state index in [1.807, 2.05) is 4.90 Å². The van der Waals surface area contributed by atoms with Gasteiger partial charge in [-0.05, 0) is 25.0 Å². The van der Waals surface area contributed by atoms with Crippen LogP contribution in [-0.4, -0.2) is 39.6 Å². The molecule has 1 saturated heterocycles. The molecule has 0 aliphatic carbocycles. The lowest BCUT2D eigenvalue weighted by molar-refractivity contribution is -0.128. The third-order valence-electron chi connectivity index (χ3n) is 3.77. The molecule has 1 aromatic carbocycles. The number of likely N-dealkylation sites (tertiary alicyclic amines) is 1. The largest absolute Gasteiger partial charge is 0.342 e. The van der Waals surface area contributed by atoms with Crippen LogP contribution in [0.1, 0.15) is 25.7 Å². The molecule has 0 atom stereocenters. The average Bonchev–Trinajstić information content (AvgIpc) is 2.71. The maximum Gasteiger partial charge on any atom is 0.233 e. The molecule has 3 rings (SSSR count). The zero-order chi connectivity index (χ0) is 15.5. The van der Waals surface area contributed by atoms with Crippen molar-refractivity contribution >= 4 is 51.9 Å².